The van der Waals surface area contributed by atoms with Crippen LogP contribution in [0.25, 0.3) is 10.9 Å². The predicted molar refractivity (Wildman–Crippen MR) is 120 cm³/mol. The van der Waals surface area contributed by atoms with E-state index in [1.165, 1.54) is 29.2 Å². The number of fused-ring (bicyclic) bond motifs is 1. The van der Waals surface area contributed by atoms with Crippen molar-refractivity contribution in [1.29, 1.82) is 0 Å². The molecule has 1 aromatic heterocycles. The minimum absolute atomic E-state index is 0.00859. The van der Waals surface area contributed by atoms with Gasteiger partial charge in [-0.05, 0) is 42.8 Å². The summed E-state index contributed by atoms with van der Waals surface area (Å²) in [7, 11) is 0. The number of carbonyl (C=O) groups is 1. The molecule has 1 N–H and O–H groups in total. The molecule has 0 aliphatic carbocycles. The molecule has 6 nitrogen and oxygen atoms in total. The van der Waals surface area contributed by atoms with E-state index in [1.54, 1.807) is 12.1 Å². The molecule has 3 aromatic rings. The number of hydrogen-bond donors (Lipinski definition) is 1. The fourth-order valence-corrected chi connectivity index (χ4v) is 4.43. The lowest BCUT2D eigenvalue weighted by Crippen LogP contribution is -2.41. The third kappa shape index (κ3) is 3.68. The molecule has 2 heterocycles. The van der Waals surface area contributed by atoms with Gasteiger partial charge in [0.25, 0.3) is 5.56 Å². The highest BCUT2D eigenvalue weighted by Crippen LogP contribution is 2.43. The summed E-state index contributed by atoms with van der Waals surface area (Å²) in [5.41, 5.74) is -1.15. The van der Waals surface area contributed by atoms with E-state index in [2.05, 4.69) is 16.9 Å². The van der Waals surface area contributed by atoms with Crippen molar-refractivity contribution in [3.63, 3.8) is 0 Å². The number of benzene rings is 2. The third-order valence-corrected chi connectivity index (χ3v) is 6.22. The second-order valence-electron chi connectivity index (χ2n) is 7.29. The topological polar surface area (TPSA) is 67.2 Å². The van der Waals surface area contributed by atoms with Crippen LogP contribution in [-0.2, 0) is 17.3 Å². The maximum Gasteiger partial charge on any atom is 0.260 e. The van der Waals surface area contributed by atoms with E-state index in [0.29, 0.717) is 22.3 Å². The van der Waals surface area contributed by atoms with E-state index in [-0.39, 0.29) is 39.9 Å². The number of likely N-dealkylation sites (tertiary alicyclic amines) is 1. The Kier molecular flexibility index (Phi) is 4.57. The molecule has 1 saturated heterocycles. The Morgan fingerprint density at radius 2 is 2.19 bits per heavy atom. The maximum absolute atomic E-state index is 15.1. The van der Waals surface area contributed by atoms with Crippen LogP contribution < -0.4 is 10.9 Å². The van der Waals surface area contributed by atoms with E-state index in [1.807, 2.05) is 0 Å². The van der Waals surface area contributed by atoms with Crippen molar-refractivity contribution in [2.45, 2.75) is 12.0 Å². The third-order valence-electron chi connectivity index (χ3n) is 5.42. The molecule has 31 heavy (non-hydrogen) atoms. The SMILES string of the molecule is [2H]C([2H])([2H])n1cnc2ccc(NC3(c4c(F)ccc(Cl)c4Cl)CCN(C(=O)C=C)C3)cc2c1=O. The number of aromatic nitrogens is 2. The number of aryl methyl sites for hydroxylation is 1. The van der Waals surface area contributed by atoms with Crippen LogP contribution in [0, 0.1) is 5.82 Å². The Hall–Kier alpha value is -2.90. The molecule has 0 radical (unpaired) electrons. The molecule has 0 saturated carbocycles. The number of halogens is 3. The van der Waals surface area contributed by atoms with Crippen molar-refractivity contribution in [3.05, 3.63) is 81.1 Å². The molecule has 1 atom stereocenters. The zero-order chi connectivity index (χ0) is 24.8. The summed E-state index contributed by atoms with van der Waals surface area (Å²) in [4.78, 5) is 30.7. The van der Waals surface area contributed by atoms with E-state index in [4.69, 9.17) is 27.3 Å². The second-order valence-corrected chi connectivity index (χ2v) is 8.08. The van der Waals surface area contributed by atoms with Crippen LogP contribution in [0.5, 0.6) is 0 Å². The second kappa shape index (κ2) is 7.98. The number of nitrogens with zero attached hydrogens (tertiary/aromatic N) is 3. The lowest BCUT2D eigenvalue weighted by Gasteiger charge is -2.33. The average molecular weight is 464 g/mol. The van der Waals surface area contributed by atoms with E-state index < -0.39 is 23.9 Å². The number of anilines is 1. The van der Waals surface area contributed by atoms with Crippen LogP contribution in [0.2, 0.25) is 10.0 Å². The summed E-state index contributed by atoms with van der Waals surface area (Å²) in [5, 5.41) is 3.46. The van der Waals surface area contributed by atoms with Crippen LogP contribution in [0.3, 0.4) is 0 Å². The van der Waals surface area contributed by atoms with Crippen LogP contribution in [0.1, 0.15) is 16.1 Å². The van der Waals surface area contributed by atoms with Gasteiger partial charge in [0, 0.05) is 35.4 Å². The Morgan fingerprint density at radius 3 is 2.94 bits per heavy atom. The van der Waals surface area contributed by atoms with Gasteiger partial charge in [0.05, 0.1) is 32.8 Å². The molecule has 0 bridgehead atoms. The molecule has 1 fully saturated rings. The minimum Gasteiger partial charge on any atom is -0.374 e. The molecule has 9 heteroatoms. The van der Waals surface area contributed by atoms with E-state index >= 15 is 4.39 Å². The minimum atomic E-state index is -2.70. The van der Waals surface area contributed by atoms with Crippen LogP contribution in [0.4, 0.5) is 10.1 Å². The fourth-order valence-electron chi connectivity index (χ4n) is 3.94. The number of carbonyl (C=O) groups excluding carboxylic acids is 1. The van der Waals surface area contributed by atoms with Gasteiger partial charge in [-0.2, -0.15) is 0 Å². The Labute approximate surface area is 192 Å². The normalized spacial score (nSPS) is 20.2. The molecular formula is C22H19Cl2FN4O2. The average Bonchev–Trinajstić information content (AvgIpc) is 3.20. The number of amides is 1. The zero-order valence-electron chi connectivity index (χ0n) is 19.2. The molecular weight excluding hydrogens is 442 g/mol. The van der Waals surface area contributed by atoms with Gasteiger partial charge in [0.15, 0.2) is 0 Å². The summed E-state index contributed by atoms with van der Waals surface area (Å²) in [6, 6.07) is 7.17. The van der Waals surface area contributed by atoms with Crippen LogP contribution >= 0.6 is 23.2 Å². The molecule has 1 unspecified atom stereocenters. The van der Waals surface area contributed by atoms with Crippen LogP contribution in [-0.4, -0.2) is 33.4 Å². The standard InChI is InChI=1S/C22H19Cl2FN4O2/c1-3-18(30)29-9-8-22(11-29,19-16(25)6-5-15(23)20(19)24)27-13-4-7-17-14(10-13)21(31)28(2)12-26-17/h3-7,10,12,27H,1,8-9,11H2,2H3/i2D3. The quantitative estimate of drug-likeness (QED) is 0.467. The highest BCUT2D eigenvalue weighted by atomic mass is 35.5. The number of hydrogen-bond acceptors (Lipinski definition) is 4. The fraction of sp³-hybridized carbons (Fsp3) is 0.227. The monoisotopic (exact) mass is 463 g/mol. The summed E-state index contributed by atoms with van der Waals surface area (Å²) >= 11 is 12.6. The largest absolute Gasteiger partial charge is 0.374 e. The first kappa shape index (κ1) is 17.7. The van der Waals surface area contributed by atoms with Gasteiger partial charge in [0.1, 0.15) is 5.82 Å². The molecule has 1 aliphatic heterocycles. The van der Waals surface area contributed by atoms with Gasteiger partial charge >= 0.3 is 0 Å². The Balaban J connectivity index is 1.86. The molecule has 1 aliphatic rings. The van der Waals surface area contributed by atoms with Gasteiger partial charge in [-0.3, -0.25) is 9.59 Å². The lowest BCUT2D eigenvalue weighted by atomic mass is 9.87. The highest BCUT2D eigenvalue weighted by molar-refractivity contribution is 6.42. The number of rotatable bonds is 4. The predicted octanol–water partition coefficient (Wildman–Crippen LogP) is 4.11. The van der Waals surface area contributed by atoms with Gasteiger partial charge in [-0.15, -0.1) is 0 Å². The molecule has 160 valence electrons. The highest BCUT2D eigenvalue weighted by Gasteiger charge is 2.44. The Bertz CT molecular complexity index is 1380. The first-order valence-corrected chi connectivity index (χ1v) is 10.1. The van der Waals surface area contributed by atoms with Crippen molar-refractivity contribution in [2.24, 2.45) is 6.98 Å². The molecule has 2 aromatic carbocycles. The lowest BCUT2D eigenvalue weighted by molar-refractivity contribution is -0.125. The van der Waals surface area contributed by atoms with Crippen molar-refractivity contribution in [1.82, 2.24) is 14.5 Å². The van der Waals surface area contributed by atoms with Gasteiger partial charge in [0.2, 0.25) is 5.91 Å². The molecule has 0 spiro atoms. The summed E-state index contributed by atoms with van der Waals surface area (Å²) in [6.07, 6.45) is 2.43. The molecule has 4 rings (SSSR count). The van der Waals surface area contributed by atoms with Gasteiger partial charge in [-0.1, -0.05) is 29.8 Å². The van der Waals surface area contributed by atoms with Gasteiger partial charge < -0.3 is 14.8 Å². The first-order valence-electron chi connectivity index (χ1n) is 10.8. The van der Waals surface area contributed by atoms with Crippen molar-refractivity contribution in [2.75, 3.05) is 18.4 Å². The van der Waals surface area contributed by atoms with Gasteiger partial charge in [-0.25, -0.2) is 9.37 Å². The van der Waals surface area contributed by atoms with Crippen molar-refractivity contribution < 1.29 is 13.3 Å². The summed E-state index contributed by atoms with van der Waals surface area (Å²) < 4.78 is 38.3. The maximum atomic E-state index is 15.1. The first-order chi connectivity index (χ1) is 16.0. The summed E-state index contributed by atoms with van der Waals surface area (Å²) in [6.45, 7) is 1.16. The summed E-state index contributed by atoms with van der Waals surface area (Å²) in [5.74, 6) is -0.937. The number of nitrogens with one attached hydrogen (secondary N) is 1. The van der Waals surface area contributed by atoms with Crippen molar-refractivity contribution >= 4 is 45.7 Å². The Morgan fingerprint density at radius 1 is 1.39 bits per heavy atom. The smallest absolute Gasteiger partial charge is 0.260 e. The van der Waals surface area contributed by atoms with Crippen LogP contribution in [0.15, 0.2) is 54.1 Å². The molecule has 1 amide bonds. The van der Waals surface area contributed by atoms with E-state index in [9.17, 15) is 9.59 Å². The van der Waals surface area contributed by atoms with Crippen molar-refractivity contribution in [3.8, 4) is 0 Å². The zero-order valence-corrected chi connectivity index (χ0v) is 17.7. The van der Waals surface area contributed by atoms with E-state index in [0.717, 1.165) is 6.33 Å².